The van der Waals surface area contributed by atoms with E-state index in [4.69, 9.17) is 5.73 Å². The normalized spacial score (nSPS) is 22.6. The molecule has 0 amide bonds. The molecule has 0 saturated heterocycles. The Morgan fingerprint density at radius 1 is 1.33 bits per heavy atom. The number of rotatable bonds is 3. The number of alkyl halides is 3. The van der Waals surface area contributed by atoms with Crippen molar-refractivity contribution in [3.63, 3.8) is 0 Å². The van der Waals surface area contributed by atoms with Crippen LogP contribution in [0.1, 0.15) is 43.7 Å². The lowest BCUT2D eigenvalue weighted by atomic mass is 9.96. The summed E-state index contributed by atoms with van der Waals surface area (Å²) >= 11 is 0. The zero-order chi connectivity index (χ0) is 17.7. The van der Waals surface area contributed by atoms with Gasteiger partial charge in [0.05, 0.1) is 11.6 Å². The Labute approximate surface area is 141 Å². The van der Waals surface area contributed by atoms with E-state index in [0.717, 1.165) is 16.8 Å². The van der Waals surface area contributed by atoms with Crippen molar-refractivity contribution in [1.82, 2.24) is 0 Å². The first-order chi connectivity index (χ1) is 11.3. The third-order valence-corrected chi connectivity index (χ3v) is 4.41. The summed E-state index contributed by atoms with van der Waals surface area (Å²) < 4.78 is 39.2. The van der Waals surface area contributed by atoms with Gasteiger partial charge in [0.25, 0.3) is 0 Å². The summed E-state index contributed by atoms with van der Waals surface area (Å²) in [6, 6.07) is 7.59. The molecule has 1 aliphatic carbocycles. The zero-order valence-electron chi connectivity index (χ0n) is 13.9. The van der Waals surface area contributed by atoms with Gasteiger partial charge >= 0.3 is 6.18 Å². The maximum atomic E-state index is 13.1. The van der Waals surface area contributed by atoms with Crippen molar-refractivity contribution in [2.45, 2.75) is 45.3 Å². The first kappa shape index (κ1) is 18.5. The summed E-state index contributed by atoms with van der Waals surface area (Å²) in [6.45, 7) is 6.20. The number of nitrogens with two attached hydrogens (primary N) is 1. The minimum absolute atomic E-state index is 0.00176. The van der Waals surface area contributed by atoms with Gasteiger partial charge in [0.1, 0.15) is 0 Å². The van der Waals surface area contributed by atoms with Crippen molar-refractivity contribution in [3.05, 3.63) is 53.6 Å². The molecule has 0 aliphatic heterocycles. The van der Waals surface area contributed by atoms with Crippen LogP contribution in [0.5, 0.6) is 0 Å². The van der Waals surface area contributed by atoms with Crippen LogP contribution in [0.15, 0.2) is 47.5 Å². The number of nitrogens with zero attached hydrogens (tertiary/aromatic N) is 1. The Morgan fingerprint density at radius 2 is 2.00 bits per heavy atom. The predicted octanol–water partition coefficient (Wildman–Crippen LogP) is 5.26. The number of hydrogen-bond donors (Lipinski definition) is 1. The van der Waals surface area contributed by atoms with Crippen LogP contribution in [-0.2, 0) is 6.54 Å². The average molecular weight is 336 g/mol. The lowest BCUT2D eigenvalue weighted by molar-refractivity contribution is -0.175. The van der Waals surface area contributed by atoms with Crippen molar-refractivity contribution < 1.29 is 13.2 Å². The maximum absolute atomic E-state index is 13.1. The van der Waals surface area contributed by atoms with Gasteiger partial charge in [-0.25, -0.2) is 0 Å². The van der Waals surface area contributed by atoms with E-state index in [-0.39, 0.29) is 12.8 Å². The molecule has 0 radical (unpaired) electrons. The van der Waals surface area contributed by atoms with Crippen molar-refractivity contribution in [3.8, 4) is 0 Å². The van der Waals surface area contributed by atoms with Gasteiger partial charge < -0.3 is 5.73 Å². The van der Waals surface area contributed by atoms with Crippen molar-refractivity contribution in [2.24, 2.45) is 16.6 Å². The number of hydrogen-bond acceptors (Lipinski definition) is 2. The molecule has 0 aromatic heterocycles. The van der Waals surface area contributed by atoms with E-state index in [1.54, 1.807) is 13.0 Å². The highest BCUT2D eigenvalue weighted by Gasteiger charge is 2.40. The van der Waals surface area contributed by atoms with E-state index in [9.17, 15) is 13.2 Å². The second kappa shape index (κ2) is 7.79. The number of benzene rings is 1. The van der Waals surface area contributed by atoms with Crippen LogP contribution in [0.2, 0.25) is 0 Å². The Balaban J connectivity index is 2.22. The predicted molar refractivity (Wildman–Crippen MR) is 92.6 cm³/mol. The number of aliphatic imine (C=N–C) groups is 1. The molecule has 2 N–H and O–H groups in total. The number of allylic oxidation sites excluding steroid dienone is 2. The minimum atomic E-state index is -4.15. The quantitative estimate of drug-likeness (QED) is 0.752. The molecule has 1 aromatic carbocycles. The number of halogens is 3. The van der Waals surface area contributed by atoms with Crippen molar-refractivity contribution >= 4 is 11.4 Å². The SMILES string of the molecule is C=C(N=C1CCCC(C(F)(F)F)C/C1=C/C)c1ccc(CN)cc1. The molecule has 1 unspecified atom stereocenters. The lowest BCUT2D eigenvalue weighted by Gasteiger charge is -2.18. The molecule has 1 fully saturated rings. The molecule has 2 rings (SSSR count). The topological polar surface area (TPSA) is 38.4 Å². The van der Waals surface area contributed by atoms with Crippen LogP contribution in [0.25, 0.3) is 5.70 Å². The van der Waals surface area contributed by atoms with Gasteiger partial charge in [0.15, 0.2) is 0 Å². The summed E-state index contributed by atoms with van der Waals surface area (Å²) in [4.78, 5) is 4.55. The molecule has 130 valence electrons. The van der Waals surface area contributed by atoms with Crippen LogP contribution < -0.4 is 5.73 Å². The molecule has 0 heterocycles. The Morgan fingerprint density at radius 3 is 2.54 bits per heavy atom. The van der Waals surface area contributed by atoms with E-state index in [1.807, 2.05) is 24.3 Å². The molecule has 1 aliphatic rings. The third-order valence-electron chi connectivity index (χ3n) is 4.41. The molecule has 1 aromatic rings. The Kier molecular flexibility index (Phi) is 5.99. The molecule has 0 spiro atoms. The summed E-state index contributed by atoms with van der Waals surface area (Å²) in [5, 5.41) is 0. The van der Waals surface area contributed by atoms with Crippen LogP contribution in [0, 0.1) is 5.92 Å². The van der Waals surface area contributed by atoms with Gasteiger partial charge in [0.2, 0.25) is 0 Å². The molecule has 5 heteroatoms. The summed E-state index contributed by atoms with van der Waals surface area (Å²) in [5.74, 6) is -1.28. The summed E-state index contributed by atoms with van der Waals surface area (Å²) in [7, 11) is 0. The summed E-state index contributed by atoms with van der Waals surface area (Å²) in [5.41, 5.74) is 9.40. The highest BCUT2D eigenvalue weighted by atomic mass is 19.4. The fourth-order valence-corrected chi connectivity index (χ4v) is 2.91. The van der Waals surface area contributed by atoms with Crippen LogP contribution in [0.3, 0.4) is 0 Å². The fraction of sp³-hybridized carbons (Fsp3) is 0.421. The van der Waals surface area contributed by atoms with Crippen molar-refractivity contribution in [1.29, 1.82) is 0 Å². The van der Waals surface area contributed by atoms with Gasteiger partial charge in [-0.3, -0.25) is 4.99 Å². The standard InChI is InChI=1S/C19H23F3N2/c1-3-15-11-17(19(20,21)22)5-4-6-18(15)24-13(2)16-9-7-14(12-23)8-10-16/h3,7-10,17H,2,4-6,11-12,23H2,1H3/b15-3-,24-18?. The van der Waals surface area contributed by atoms with E-state index in [2.05, 4.69) is 11.6 Å². The monoisotopic (exact) mass is 336 g/mol. The van der Waals surface area contributed by atoms with Gasteiger partial charge in [-0.1, -0.05) is 36.9 Å². The van der Waals surface area contributed by atoms with Gasteiger partial charge in [-0.05, 0) is 49.3 Å². The molecule has 0 bridgehead atoms. The van der Waals surface area contributed by atoms with Crippen LogP contribution >= 0.6 is 0 Å². The van der Waals surface area contributed by atoms with E-state index in [0.29, 0.717) is 30.7 Å². The Hall–Kier alpha value is -1.88. The largest absolute Gasteiger partial charge is 0.392 e. The summed E-state index contributed by atoms with van der Waals surface area (Å²) in [6.07, 6.45) is -1.23. The van der Waals surface area contributed by atoms with Gasteiger partial charge in [-0.15, -0.1) is 0 Å². The molecular weight excluding hydrogens is 313 g/mol. The highest BCUT2D eigenvalue weighted by molar-refractivity contribution is 6.03. The first-order valence-corrected chi connectivity index (χ1v) is 8.13. The molecule has 2 nitrogen and oxygen atoms in total. The molecule has 1 atom stereocenters. The van der Waals surface area contributed by atoms with Gasteiger partial charge in [-0.2, -0.15) is 13.2 Å². The van der Waals surface area contributed by atoms with Crippen molar-refractivity contribution in [2.75, 3.05) is 0 Å². The van der Waals surface area contributed by atoms with Crippen LogP contribution in [-0.4, -0.2) is 11.9 Å². The second-order valence-corrected chi connectivity index (χ2v) is 6.06. The lowest BCUT2D eigenvalue weighted by Crippen LogP contribution is -2.22. The maximum Gasteiger partial charge on any atom is 0.392 e. The minimum Gasteiger partial charge on any atom is -0.326 e. The van der Waals surface area contributed by atoms with E-state index in [1.165, 1.54) is 0 Å². The average Bonchev–Trinajstić information content (AvgIpc) is 2.76. The smallest absolute Gasteiger partial charge is 0.326 e. The zero-order valence-corrected chi connectivity index (χ0v) is 13.9. The molecular formula is C19H23F3N2. The van der Waals surface area contributed by atoms with Gasteiger partial charge in [0, 0.05) is 12.3 Å². The highest BCUT2D eigenvalue weighted by Crippen LogP contribution is 2.38. The fourth-order valence-electron chi connectivity index (χ4n) is 2.91. The Bertz CT molecular complexity index is 640. The van der Waals surface area contributed by atoms with E-state index < -0.39 is 12.1 Å². The van der Waals surface area contributed by atoms with Crippen LogP contribution in [0.4, 0.5) is 13.2 Å². The molecule has 1 saturated carbocycles. The van der Waals surface area contributed by atoms with E-state index >= 15 is 0 Å². The second-order valence-electron chi connectivity index (χ2n) is 6.06. The first-order valence-electron chi connectivity index (χ1n) is 8.13. The molecule has 24 heavy (non-hydrogen) atoms. The third kappa shape index (κ3) is 4.57.